The van der Waals surface area contributed by atoms with Gasteiger partial charge < -0.3 is 0 Å². The number of sulfone groups is 1. The number of nitro groups is 1. The van der Waals surface area contributed by atoms with E-state index in [2.05, 4.69) is 5.10 Å². The molecule has 0 aliphatic heterocycles. The fourth-order valence-corrected chi connectivity index (χ4v) is 4.15. The number of aromatic nitrogens is 2. The summed E-state index contributed by atoms with van der Waals surface area (Å²) in [7, 11) is -3.52. The number of rotatable bonds is 5. The molecule has 7 nitrogen and oxygen atoms in total. The van der Waals surface area contributed by atoms with Crippen molar-refractivity contribution in [2.75, 3.05) is 6.26 Å². The minimum Gasteiger partial charge on any atom is -0.258 e. The zero-order valence-electron chi connectivity index (χ0n) is 17.5. The highest BCUT2D eigenvalue weighted by molar-refractivity contribution is 7.90. The number of benzene rings is 3. The molecule has 34 heavy (non-hydrogen) atoms. The second kappa shape index (κ2) is 8.41. The summed E-state index contributed by atoms with van der Waals surface area (Å²) in [5, 5.41) is 14.9. The largest absolute Gasteiger partial charge is 0.435 e. The van der Waals surface area contributed by atoms with Crippen molar-refractivity contribution < 1.29 is 26.5 Å². The number of hydrogen-bond acceptors (Lipinski definition) is 5. The summed E-state index contributed by atoms with van der Waals surface area (Å²) < 4.78 is 67.1. The highest BCUT2D eigenvalue weighted by atomic mass is 32.2. The maximum Gasteiger partial charge on any atom is 0.435 e. The van der Waals surface area contributed by atoms with Gasteiger partial charge in [-0.05, 0) is 29.8 Å². The third kappa shape index (κ3) is 4.42. The molecule has 3 aromatic carbocycles. The van der Waals surface area contributed by atoms with E-state index >= 15 is 0 Å². The van der Waals surface area contributed by atoms with Crippen LogP contribution >= 0.6 is 0 Å². The van der Waals surface area contributed by atoms with Gasteiger partial charge >= 0.3 is 6.18 Å². The molecule has 0 spiro atoms. The normalized spacial score (nSPS) is 12.0. The van der Waals surface area contributed by atoms with Crippen LogP contribution in [0.25, 0.3) is 28.1 Å². The molecular weight excluding hydrogens is 471 g/mol. The molecule has 0 saturated carbocycles. The Bertz CT molecular complexity index is 1460. The number of nitro benzene ring substituents is 1. The van der Waals surface area contributed by atoms with E-state index < -0.39 is 26.6 Å². The molecule has 0 N–H and O–H groups in total. The van der Waals surface area contributed by atoms with Crippen LogP contribution in [0.5, 0.6) is 0 Å². The monoisotopic (exact) mass is 487 g/mol. The number of hydrogen-bond donors (Lipinski definition) is 0. The van der Waals surface area contributed by atoms with Gasteiger partial charge in [-0.25, -0.2) is 13.1 Å². The Labute approximate surface area is 192 Å². The fraction of sp³-hybridized carbons (Fsp3) is 0.0870. The van der Waals surface area contributed by atoms with E-state index in [0.717, 1.165) is 10.9 Å². The smallest absolute Gasteiger partial charge is 0.258 e. The molecule has 0 atom stereocenters. The van der Waals surface area contributed by atoms with Gasteiger partial charge in [0.05, 0.1) is 21.2 Å². The van der Waals surface area contributed by atoms with E-state index in [9.17, 15) is 31.7 Å². The average molecular weight is 487 g/mol. The second-order valence-corrected chi connectivity index (χ2v) is 9.43. The highest BCUT2D eigenvalue weighted by Crippen LogP contribution is 2.43. The van der Waals surface area contributed by atoms with Gasteiger partial charge in [0.1, 0.15) is 0 Å². The van der Waals surface area contributed by atoms with E-state index in [1.807, 2.05) is 0 Å². The lowest BCUT2D eigenvalue weighted by molar-refractivity contribution is -0.384. The molecule has 0 unspecified atom stereocenters. The van der Waals surface area contributed by atoms with E-state index in [1.165, 1.54) is 60.7 Å². The maximum atomic E-state index is 14.1. The van der Waals surface area contributed by atoms with E-state index in [0.29, 0.717) is 0 Å². The Morgan fingerprint density at radius 1 is 0.882 bits per heavy atom. The first-order chi connectivity index (χ1) is 16.0. The first-order valence-corrected chi connectivity index (χ1v) is 11.7. The Balaban J connectivity index is 2.05. The minimum absolute atomic E-state index is 0.00922. The van der Waals surface area contributed by atoms with E-state index in [4.69, 9.17) is 0 Å². The maximum absolute atomic E-state index is 14.1. The van der Waals surface area contributed by atoms with Crippen LogP contribution in [0.1, 0.15) is 5.69 Å². The number of alkyl halides is 3. The summed E-state index contributed by atoms with van der Waals surface area (Å²) in [4.78, 5) is 10.4. The number of halogens is 3. The van der Waals surface area contributed by atoms with Crippen molar-refractivity contribution >= 4 is 15.5 Å². The van der Waals surface area contributed by atoms with Gasteiger partial charge in [0, 0.05) is 29.5 Å². The van der Waals surface area contributed by atoms with Crippen LogP contribution in [0.2, 0.25) is 0 Å². The molecule has 0 saturated heterocycles. The van der Waals surface area contributed by atoms with Crippen LogP contribution in [0.15, 0.2) is 83.8 Å². The quantitative estimate of drug-likeness (QED) is 0.272. The average Bonchev–Trinajstić information content (AvgIpc) is 3.20. The molecule has 11 heteroatoms. The highest BCUT2D eigenvalue weighted by Gasteiger charge is 2.40. The van der Waals surface area contributed by atoms with Gasteiger partial charge in [-0.3, -0.25) is 10.1 Å². The lowest BCUT2D eigenvalue weighted by atomic mass is 9.98. The van der Waals surface area contributed by atoms with Crippen LogP contribution < -0.4 is 0 Å². The van der Waals surface area contributed by atoms with Crippen LogP contribution in [0, 0.1) is 10.1 Å². The van der Waals surface area contributed by atoms with Crippen LogP contribution in [-0.2, 0) is 16.0 Å². The Hall–Kier alpha value is -3.99. The van der Waals surface area contributed by atoms with Crippen molar-refractivity contribution in [3.63, 3.8) is 0 Å². The molecule has 0 aliphatic carbocycles. The van der Waals surface area contributed by atoms with Crippen molar-refractivity contribution in [1.82, 2.24) is 9.78 Å². The molecule has 0 aliphatic rings. The SMILES string of the molecule is CS(=O)(=O)c1ccc(-c2c(-c3ccccc3)c(C(F)(F)F)nn2-c2ccc([N+](=O)[O-])cc2)cc1. The van der Waals surface area contributed by atoms with Crippen molar-refractivity contribution in [2.24, 2.45) is 0 Å². The molecule has 0 radical (unpaired) electrons. The summed E-state index contributed by atoms with van der Waals surface area (Å²) in [5.41, 5.74) is -0.794. The molecule has 1 aromatic heterocycles. The number of non-ortho nitro benzene ring substituents is 1. The predicted molar refractivity (Wildman–Crippen MR) is 119 cm³/mol. The zero-order chi connectivity index (χ0) is 24.7. The molecule has 4 aromatic rings. The van der Waals surface area contributed by atoms with Gasteiger partial charge in [0.25, 0.3) is 5.69 Å². The van der Waals surface area contributed by atoms with Crippen molar-refractivity contribution in [2.45, 2.75) is 11.1 Å². The first kappa shape index (κ1) is 23.2. The van der Waals surface area contributed by atoms with Gasteiger partial charge in [0.15, 0.2) is 15.5 Å². The Kier molecular flexibility index (Phi) is 5.74. The van der Waals surface area contributed by atoms with Crippen molar-refractivity contribution in [1.29, 1.82) is 0 Å². The summed E-state index contributed by atoms with van der Waals surface area (Å²) >= 11 is 0. The summed E-state index contributed by atoms with van der Waals surface area (Å²) in [6.07, 6.45) is -3.78. The standard InChI is InChI=1S/C23H16F3N3O4S/c1-34(32,33)19-13-7-16(8-14-19)21-20(15-5-3-2-4-6-15)22(23(24,25)26)27-28(21)17-9-11-18(12-10-17)29(30)31/h2-14H,1H3. The lowest BCUT2D eigenvalue weighted by Gasteiger charge is -2.12. The molecule has 174 valence electrons. The minimum atomic E-state index is -4.81. The van der Waals surface area contributed by atoms with Crippen LogP contribution in [0.4, 0.5) is 18.9 Å². The van der Waals surface area contributed by atoms with Crippen LogP contribution in [-0.4, -0.2) is 29.4 Å². The lowest BCUT2D eigenvalue weighted by Crippen LogP contribution is -2.08. The van der Waals surface area contributed by atoms with Gasteiger partial charge in [0.2, 0.25) is 0 Å². The van der Waals surface area contributed by atoms with Gasteiger partial charge in [-0.1, -0.05) is 42.5 Å². The van der Waals surface area contributed by atoms with Gasteiger partial charge in [-0.15, -0.1) is 0 Å². The van der Waals surface area contributed by atoms with Crippen LogP contribution in [0.3, 0.4) is 0 Å². The topological polar surface area (TPSA) is 95.1 Å². The fourth-order valence-electron chi connectivity index (χ4n) is 3.52. The van der Waals surface area contributed by atoms with Crippen molar-refractivity contribution in [3.8, 4) is 28.1 Å². The third-order valence-corrected chi connectivity index (χ3v) is 6.21. The summed E-state index contributed by atoms with van der Waals surface area (Å²) in [6.45, 7) is 0. The second-order valence-electron chi connectivity index (χ2n) is 7.42. The predicted octanol–water partition coefficient (Wildman–Crippen LogP) is 5.54. The molecule has 0 amide bonds. The summed E-state index contributed by atoms with van der Waals surface area (Å²) in [5.74, 6) is 0. The van der Waals surface area contributed by atoms with E-state index in [1.54, 1.807) is 18.2 Å². The molecule has 1 heterocycles. The molecule has 0 fully saturated rings. The van der Waals surface area contributed by atoms with E-state index in [-0.39, 0.29) is 38.7 Å². The molecule has 4 rings (SSSR count). The molecule has 0 bridgehead atoms. The molecular formula is C23H16F3N3O4S. The Morgan fingerprint density at radius 2 is 1.47 bits per heavy atom. The number of nitrogens with zero attached hydrogens (tertiary/aromatic N) is 3. The third-order valence-electron chi connectivity index (χ3n) is 5.08. The zero-order valence-corrected chi connectivity index (χ0v) is 18.3. The van der Waals surface area contributed by atoms with Crippen molar-refractivity contribution in [3.05, 3.63) is 94.7 Å². The first-order valence-electron chi connectivity index (χ1n) is 9.78. The van der Waals surface area contributed by atoms with Gasteiger partial charge in [-0.2, -0.15) is 18.3 Å². The summed E-state index contributed by atoms with van der Waals surface area (Å²) in [6, 6.07) is 18.2. The Morgan fingerprint density at radius 3 is 1.97 bits per heavy atom.